The lowest BCUT2D eigenvalue weighted by atomic mass is 10.1. The van der Waals surface area contributed by atoms with Crippen molar-refractivity contribution in [3.8, 4) is 0 Å². The number of anilines is 2. The second-order valence-electron chi connectivity index (χ2n) is 7.30. The number of aryl methyl sites for hydroxylation is 3. The molecule has 3 rings (SSSR count). The lowest BCUT2D eigenvalue weighted by Crippen LogP contribution is -2.26. The van der Waals surface area contributed by atoms with Crippen molar-refractivity contribution < 1.29 is 18.0 Å². The third-order valence-corrected chi connectivity index (χ3v) is 7.67. The molecule has 29 heavy (non-hydrogen) atoms. The molecular weight excluding hydrogens is 408 g/mol. The van der Waals surface area contributed by atoms with E-state index >= 15 is 0 Å². The van der Waals surface area contributed by atoms with Gasteiger partial charge in [-0.1, -0.05) is 17.7 Å². The van der Waals surface area contributed by atoms with Crippen molar-refractivity contribution in [3.63, 3.8) is 0 Å². The number of thioether (sulfide) groups is 1. The number of rotatable bonds is 5. The van der Waals surface area contributed by atoms with Gasteiger partial charge in [0.25, 0.3) is 0 Å². The van der Waals surface area contributed by atoms with E-state index < -0.39 is 9.84 Å². The Morgan fingerprint density at radius 3 is 2.45 bits per heavy atom. The van der Waals surface area contributed by atoms with Crippen molar-refractivity contribution in [2.24, 2.45) is 0 Å². The molecule has 2 amide bonds. The van der Waals surface area contributed by atoms with Crippen LogP contribution in [0.3, 0.4) is 0 Å². The van der Waals surface area contributed by atoms with Crippen LogP contribution in [0.4, 0.5) is 11.4 Å². The first-order valence-electron chi connectivity index (χ1n) is 9.29. The molecule has 8 heteroatoms. The number of benzene rings is 2. The summed E-state index contributed by atoms with van der Waals surface area (Å²) in [6.45, 7) is 7.60. The number of amides is 2. The van der Waals surface area contributed by atoms with Crippen molar-refractivity contribution in [2.45, 2.75) is 49.2 Å². The van der Waals surface area contributed by atoms with Crippen LogP contribution in [0.25, 0.3) is 0 Å². The molecule has 1 unspecified atom stereocenters. The molecule has 1 atom stereocenters. The second-order valence-corrected chi connectivity index (χ2v) is 10.8. The van der Waals surface area contributed by atoms with E-state index in [0.29, 0.717) is 5.69 Å². The van der Waals surface area contributed by atoms with Gasteiger partial charge in [-0.15, -0.1) is 11.8 Å². The Hall–Kier alpha value is -2.32. The van der Waals surface area contributed by atoms with Gasteiger partial charge in [0.15, 0.2) is 9.84 Å². The van der Waals surface area contributed by atoms with Gasteiger partial charge < -0.3 is 10.6 Å². The molecule has 0 saturated heterocycles. The Balaban J connectivity index is 1.70. The summed E-state index contributed by atoms with van der Waals surface area (Å²) in [6, 6.07) is 8.63. The summed E-state index contributed by atoms with van der Waals surface area (Å²) in [7, 11) is -3.66. The lowest BCUT2D eigenvalue weighted by Gasteiger charge is -2.21. The summed E-state index contributed by atoms with van der Waals surface area (Å²) >= 11 is 1.39. The first kappa shape index (κ1) is 21.4. The summed E-state index contributed by atoms with van der Waals surface area (Å²) in [5.41, 5.74) is 4.20. The van der Waals surface area contributed by atoms with Crippen molar-refractivity contribution in [1.29, 1.82) is 0 Å². The Morgan fingerprint density at radius 2 is 1.79 bits per heavy atom. The van der Waals surface area contributed by atoms with E-state index in [1.165, 1.54) is 23.9 Å². The van der Waals surface area contributed by atoms with Crippen LogP contribution in [0.5, 0.6) is 0 Å². The molecule has 2 N–H and O–H groups in total. The highest BCUT2D eigenvalue weighted by molar-refractivity contribution is 8.01. The van der Waals surface area contributed by atoms with Crippen LogP contribution < -0.4 is 10.6 Å². The smallest absolute Gasteiger partial charge is 0.237 e. The Morgan fingerprint density at radius 1 is 1.14 bits per heavy atom. The van der Waals surface area contributed by atoms with Crippen molar-refractivity contribution in [3.05, 3.63) is 47.0 Å². The predicted molar refractivity (Wildman–Crippen MR) is 116 cm³/mol. The summed E-state index contributed by atoms with van der Waals surface area (Å²) < 4.78 is 25.4. The third kappa shape index (κ3) is 4.82. The Bertz CT molecular complexity index is 1070. The lowest BCUT2D eigenvalue weighted by molar-refractivity contribution is -0.116. The fourth-order valence-corrected chi connectivity index (χ4v) is 5.50. The molecule has 2 aromatic carbocycles. The highest BCUT2D eigenvalue weighted by Gasteiger charge is 2.25. The molecule has 0 saturated carbocycles. The van der Waals surface area contributed by atoms with Crippen molar-refractivity contribution in [1.82, 2.24) is 0 Å². The molecular formula is C21H24N2O4S2. The summed E-state index contributed by atoms with van der Waals surface area (Å²) in [5.74, 6) is -0.807. The van der Waals surface area contributed by atoms with Gasteiger partial charge in [-0.05, 0) is 57.0 Å². The zero-order chi connectivity index (χ0) is 21.3. The van der Waals surface area contributed by atoms with Gasteiger partial charge >= 0.3 is 0 Å². The highest BCUT2D eigenvalue weighted by Crippen LogP contribution is 2.37. The molecule has 0 bridgehead atoms. The van der Waals surface area contributed by atoms with E-state index in [2.05, 4.69) is 10.6 Å². The maximum atomic E-state index is 12.7. The van der Waals surface area contributed by atoms with Gasteiger partial charge in [-0.3, -0.25) is 9.59 Å². The maximum absolute atomic E-state index is 12.7. The van der Waals surface area contributed by atoms with Crippen LogP contribution in [0.15, 0.2) is 40.1 Å². The average Bonchev–Trinajstić information content (AvgIpc) is 2.63. The molecule has 0 aliphatic carbocycles. The maximum Gasteiger partial charge on any atom is 0.237 e. The number of hydrogen-bond acceptors (Lipinski definition) is 5. The minimum absolute atomic E-state index is 0.0993. The summed E-state index contributed by atoms with van der Waals surface area (Å²) in [6.07, 6.45) is -0.148. The molecule has 0 radical (unpaired) electrons. The van der Waals surface area contributed by atoms with Crippen LogP contribution >= 0.6 is 11.8 Å². The van der Waals surface area contributed by atoms with E-state index in [9.17, 15) is 18.0 Å². The van der Waals surface area contributed by atoms with Gasteiger partial charge in [0.2, 0.25) is 11.8 Å². The molecule has 1 heterocycles. The summed E-state index contributed by atoms with van der Waals surface area (Å²) in [4.78, 5) is 25.1. The largest absolute Gasteiger partial charge is 0.326 e. The number of carbonyl (C=O) groups excluding carboxylic acids is 2. The standard InChI is InChI=1S/C21H24N2O4S2/c1-12-9-13(2)20(14(3)10-12)23-19(24)7-8-29(26,27)16-5-6-18-17(11-16)22-21(25)15(4)28-18/h5-6,9-11,15H,7-8H2,1-4H3,(H,22,25)(H,23,24). The first-order chi connectivity index (χ1) is 13.6. The highest BCUT2D eigenvalue weighted by atomic mass is 32.2. The van der Waals surface area contributed by atoms with E-state index in [4.69, 9.17) is 0 Å². The van der Waals surface area contributed by atoms with Crippen LogP contribution in [-0.4, -0.2) is 31.2 Å². The van der Waals surface area contributed by atoms with Crippen LogP contribution in [-0.2, 0) is 19.4 Å². The quantitative estimate of drug-likeness (QED) is 0.749. The monoisotopic (exact) mass is 432 g/mol. The fraction of sp³-hybridized carbons (Fsp3) is 0.333. The van der Waals surface area contributed by atoms with Crippen LogP contribution in [0.1, 0.15) is 30.0 Å². The number of carbonyl (C=O) groups is 2. The summed E-state index contributed by atoms with van der Waals surface area (Å²) in [5, 5.41) is 5.34. The number of nitrogens with one attached hydrogen (secondary N) is 2. The van der Waals surface area contributed by atoms with E-state index in [1.807, 2.05) is 32.9 Å². The number of hydrogen-bond donors (Lipinski definition) is 2. The van der Waals surface area contributed by atoms with Gasteiger partial charge in [0, 0.05) is 17.0 Å². The number of fused-ring (bicyclic) bond motifs is 1. The van der Waals surface area contributed by atoms with E-state index in [1.54, 1.807) is 13.0 Å². The van der Waals surface area contributed by atoms with Gasteiger partial charge in [0.1, 0.15) is 0 Å². The molecule has 0 aromatic heterocycles. The SMILES string of the molecule is Cc1cc(C)c(NC(=O)CCS(=O)(=O)c2ccc3c(c2)NC(=O)C(C)S3)c(C)c1. The zero-order valence-electron chi connectivity index (χ0n) is 16.8. The topological polar surface area (TPSA) is 92.3 Å². The molecule has 1 aliphatic heterocycles. The zero-order valence-corrected chi connectivity index (χ0v) is 18.5. The molecule has 1 aliphatic rings. The second kappa shape index (κ2) is 8.20. The molecule has 0 spiro atoms. The van der Waals surface area contributed by atoms with Crippen molar-refractivity contribution in [2.75, 3.05) is 16.4 Å². The first-order valence-corrected chi connectivity index (χ1v) is 11.8. The van der Waals surface area contributed by atoms with Gasteiger partial charge in [-0.25, -0.2) is 8.42 Å². The number of sulfone groups is 1. The van der Waals surface area contributed by atoms with Gasteiger partial charge in [-0.2, -0.15) is 0 Å². The minimum atomic E-state index is -3.66. The Labute approximate surface area is 175 Å². The molecule has 0 fully saturated rings. The van der Waals surface area contributed by atoms with E-state index in [0.717, 1.165) is 27.3 Å². The van der Waals surface area contributed by atoms with E-state index in [-0.39, 0.29) is 34.1 Å². The molecule has 154 valence electrons. The fourth-order valence-electron chi connectivity index (χ4n) is 3.31. The van der Waals surface area contributed by atoms with Gasteiger partial charge in [0.05, 0.1) is 21.6 Å². The molecule has 2 aromatic rings. The predicted octanol–water partition coefficient (Wildman–Crippen LogP) is 3.85. The van der Waals surface area contributed by atoms with Crippen molar-refractivity contribution >= 4 is 44.8 Å². The normalized spacial score (nSPS) is 16.1. The minimum Gasteiger partial charge on any atom is -0.326 e. The third-order valence-electron chi connectivity index (χ3n) is 4.78. The Kier molecular flexibility index (Phi) is 6.05. The molecule has 6 nitrogen and oxygen atoms in total. The average molecular weight is 433 g/mol. The van der Waals surface area contributed by atoms with Crippen LogP contribution in [0, 0.1) is 20.8 Å². The van der Waals surface area contributed by atoms with Crippen LogP contribution in [0.2, 0.25) is 0 Å².